The Morgan fingerprint density at radius 2 is 1.68 bits per heavy atom. The number of likely N-dealkylation sites (tertiary alicyclic amines) is 1. The van der Waals surface area contributed by atoms with Gasteiger partial charge in [0, 0.05) is 30.5 Å². The summed E-state index contributed by atoms with van der Waals surface area (Å²) in [5.41, 5.74) is 2.14. The van der Waals surface area contributed by atoms with Crippen LogP contribution in [0.5, 0.6) is 0 Å². The van der Waals surface area contributed by atoms with Crippen LogP contribution in [0.4, 0.5) is 0 Å². The molecule has 3 rings (SSSR count). The van der Waals surface area contributed by atoms with Crippen LogP contribution in [0.2, 0.25) is 0 Å². The molecule has 0 spiro atoms. The van der Waals surface area contributed by atoms with E-state index in [0.29, 0.717) is 5.56 Å². The van der Waals surface area contributed by atoms with Crippen LogP contribution in [0.1, 0.15) is 41.7 Å². The maximum absolute atomic E-state index is 12.5. The van der Waals surface area contributed by atoms with Crippen LogP contribution in [0.3, 0.4) is 0 Å². The van der Waals surface area contributed by atoms with Crippen LogP contribution >= 0.6 is 0 Å². The predicted molar refractivity (Wildman–Crippen MR) is 85.5 cm³/mol. The highest BCUT2D eigenvalue weighted by molar-refractivity contribution is 5.94. The van der Waals surface area contributed by atoms with Gasteiger partial charge in [0.2, 0.25) is 0 Å². The van der Waals surface area contributed by atoms with Gasteiger partial charge in [-0.2, -0.15) is 0 Å². The van der Waals surface area contributed by atoms with E-state index in [1.54, 1.807) is 22.9 Å². The minimum Gasteiger partial charge on any atom is -0.339 e. The lowest BCUT2D eigenvalue weighted by Crippen LogP contribution is -2.31. The summed E-state index contributed by atoms with van der Waals surface area (Å²) < 4.78 is 1.60. The predicted octanol–water partition coefficient (Wildman–Crippen LogP) is 2.49. The normalized spacial score (nSPS) is 15.6. The van der Waals surface area contributed by atoms with Crippen molar-refractivity contribution in [2.75, 3.05) is 13.1 Å². The molecule has 0 radical (unpaired) electrons. The molecule has 0 unspecified atom stereocenters. The van der Waals surface area contributed by atoms with Crippen LogP contribution in [0.25, 0.3) is 5.69 Å². The van der Waals surface area contributed by atoms with Crippen molar-refractivity contribution >= 4 is 5.91 Å². The Bertz CT molecular complexity index is 704. The van der Waals surface area contributed by atoms with Crippen molar-refractivity contribution in [3.63, 3.8) is 0 Å². The number of benzene rings is 1. The molecule has 5 nitrogen and oxygen atoms in total. The topological polar surface area (TPSA) is 58.1 Å². The van der Waals surface area contributed by atoms with E-state index >= 15 is 0 Å². The zero-order valence-corrected chi connectivity index (χ0v) is 12.8. The van der Waals surface area contributed by atoms with Crippen molar-refractivity contribution in [3.8, 4) is 5.69 Å². The highest BCUT2D eigenvalue weighted by atomic mass is 16.2. The van der Waals surface area contributed by atoms with Gasteiger partial charge in [0.25, 0.3) is 5.91 Å². The van der Waals surface area contributed by atoms with Crippen molar-refractivity contribution in [2.45, 2.75) is 32.6 Å². The molecular formula is C17H21N3O2. The van der Waals surface area contributed by atoms with Crippen molar-refractivity contribution in [1.29, 1.82) is 0 Å². The van der Waals surface area contributed by atoms with E-state index < -0.39 is 0 Å². The van der Waals surface area contributed by atoms with Gasteiger partial charge in [0.15, 0.2) is 0 Å². The number of amides is 1. The highest BCUT2D eigenvalue weighted by Crippen LogP contribution is 2.15. The molecule has 0 bridgehead atoms. The zero-order chi connectivity index (χ0) is 15.5. The molecule has 22 heavy (non-hydrogen) atoms. The van der Waals surface area contributed by atoms with Crippen molar-refractivity contribution in [3.05, 3.63) is 52.2 Å². The number of H-pyrrole nitrogens is 1. The van der Waals surface area contributed by atoms with Gasteiger partial charge >= 0.3 is 5.69 Å². The SMILES string of the molecule is Cc1c[nH]c(=O)n1-c1ccc(C(=O)N2CCCCCC2)cc1. The number of aromatic amines is 1. The maximum Gasteiger partial charge on any atom is 0.330 e. The van der Waals surface area contributed by atoms with Crippen molar-refractivity contribution < 1.29 is 4.79 Å². The summed E-state index contributed by atoms with van der Waals surface area (Å²) in [6.07, 6.45) is 6.26. The molecule has 1 amide bonds. The number of hydrogen-bond acceptors (Lipinski definition) is 2. The molecule has 1 N–H and O–H groups in total. The van der Waals surface area contributed by atoms with Crippen molar-refractivity contribution in [1.82, 2.24) is 14.5 Å². The fraction of sp³-hybridized carbons (Fsp3) is 0.412. The molecule has 0 atom stereocenters. The van der Waals surface area contributed by atoms with Gasteiger partial charge in [-0.1, -0.05) is 12.8 Å². The molecule has 1 aromatic carbocycles. The third kappa shape index (κ3) is 2.84. The van der Waals surface area contributed by atoms with Gasteiger partial charge < -0.3 is 9.88 Å². The molecule has 1 aliphatic heterocycles. The van der Waals surface area contributed by atoms with Crippen LogP contribution < -0.4 is 5.69 Å². The second kappa shape index (κ2) is 6.22. The van der Waals surface area contributed by atoms with E-state index in [2.05, 4.69) is 4.98 Å². The maximum atomic E-state index is 12.5. The van der Waals surface area contributed by atoms with Gasteiger partial charge in [0.05, 0.1) is 5.69 Å². The van der Waals surface area contributed by atoms with E-state index in [1.807, 2.05) is 24.0 Å². The first kappa shape index (κ1) is 14.6. The van der Waals surface area contributed by atoms with Gasteiger partial charge in [-0.05, 0) is 44.0 Å². The van der Waals surface area contributed by atoms with Crippen LogP contribution in [-0.4, -0.2) is 33.4 Å². The summed E-state index contributed by atoms with van der Waals surface area (Å²) in [6.45, 7) is 3.56. The number of aryl methyl sites for hydroxylation is 1. The number of nitrogens with zero attached hydrogens (tertiary/aromatic N) is 2. The molecule has 0 saturated carbocycles. The fourth-order valence-corrected chi connectivity index (χ4v) is 2.99. The number of imidazole rings is 1. The zero-order valence-electron chi connectivity index (χ0n) is 12.8. The minimum absolute atomic E-state index is 0.0894. The number of aromatic nitrogens is 2. The summed E-state index contributed by atoms with van der Waals surface area (Å²) in [6, 6.07) is 7.27. The lowest BCUT2D eigenvalue weighted by atomic mass is 10.1. The first-order valence-electron chi connectivity index (χ1n) is 7.83. The van der Waals surface area contributed by atoms with Gasteiger partial charge in [-0.15, -0.1) is 0 Å². The molecule has 0 aliphatic carbocycles. The quantitative estimate of drug-likeness (QED) is 0.926. The molecule has 116 valence electrons. The third-order valence-corrected chi connectivity index (χ3v) is 4.23. The largest absolute Gasteiger partial charge is 0.339 e. The van der Waals surface area contributed by atoms with Crippen LogP contribution in [0, 0.1) is 6.92 Å². The fourth-order valence-electron chi connectivity index (χ4n) is 2.99. The Morgan fingerprint density at radius 3 is 2.23 bits per heavy atom. The average molecular weight is 299 g/mol. The summed E-state index contributed by atoms with van der Waals surface area (Å²) in [5, 5.41) is 0. The second-order valence-electron chi connectivity index (χ2n) is 5.82. The van der Waals surface area contributed by atoms with E-state index in [9.17, 15) is 9.59 Å². The number of hydrogen-bond donors (Lipinski definition) is 1. The number of carbonyl (C=O) groups is 1. The monoisotopic (exact) mass is 299 g/mol. The molecule has 5 heteroatoms. The first-order chi connectivity index (χ1) is 10.7. The van der Waals surface area contributed by atoms with Crippen LogP contribution in [-0.2, 0) is 0 Å². The Morgan fingerprint density at radius 1 is 1.05 bits per heavy atom. The average Bonchev–Trinajstić information content (AvgIpc) is 2.74. The molecule has 1 fully saturated rings. The molecule has 2 heterocycles. The minimum atomic E-state index is -0.163. The third-order valence-electron chi connectivity index (χ3n) is 4.23. The summed E-state index contributed by atoms with van der Waals surface area (Å²) >= 11 is 0. The summed E-state index contributed by atoms with van der Waals surface area (Å²) in [7, 11) is 0. The van der Waals surface area contributed by atoms with E-state index in [-0.39, 0.29) is 11.6 Å². The van der Waals surface area contributed by atoms with E-state index in [0.717, 1.165) is 37.3 Å². The molecular weight excluding hydrogens is 278 g/mol. The molecule has 1 saturated heterocycles. The second-order valence-corrected chi connectivity index (χ2v) is 5.82. The lowest BCUT2D eigenvalue weighted by molar-refractivity contribution is 0.0761. The molecule has 1 aliphatic rings. The van der Waals surface area contributed by atoms with Crippen LogP contribution in [0.15, 0.2) is 35.3 Å². The van der Waals surface area contributed by atoms with E-state index in [4.69, 9.17) is 0 Å². The first-order valence-corrected chi connectivity index (χ1v) is 7.83. The Hall–Kier alpha value is -2.30. The summed E-state index contributed by atoms with van der Waals surface area (Å²) in [4.78, 5) is 28.9. The molecule has 2 aromatic rings. The van der Waals surface area contributed by atoms with Gasteiger partial charge in [-0.25, -0.2) is 4.79 Å². The van der Waals surface area contributed by atoms with Crippen molar-refractivity contribution in [2.24, 2.45) is 0 Å². The number of nitrogens with one attached hydrogen (secondary N) is 1. The highest BCUT2D eigenvalue weighted by Gasteiger charge is 2.17. The number of rotatable bonds is 2. The van der Waals surface area contributed by atoms with E-state index in [1.165, 1.54) is 12.8 Å². The molecule has 1 aromatic heterocycles. The van der Waals surface area contributed by atoms with Gasteiger partial charge in [0.1, 0.15) is 0 Å². The number of carbonyl (C=O) groups excluding carboxylic acids is 1. The Kier molecular flexibility index (Phi) is 4.13. The Labute approximate surface area is 129 Å². The van der Waals surface area contributed by atoms with Gasteiger partial charge in [-0.3, -0.25) is 9.36 Å². The lowest BCUT2D eigenvalue weighted by Gasteiger charge is -2.20. The smallest absolute Gasteiger partial charge is 0.330 e. The summed E-state index contributed by atoms with van der Waals surface area (Å²) in [5.74, 6) is 0.0894. The Balaban J connectivity index is 1.82. The standard InChI is InChI=1S/C17H21N3O2/c1-13-12-18-17(22)20(13)15-8-6-14(7-9-15)16(21)19-10-4-2-3-5-11-19/h6-9,12H,2-5,10-11H2,1H3,(H,18,22).